The van der Waals surface area contributed by atoms with Gasteiger partial charge in [-0.3, -0.25) is 14.4 Å². The third-order valence-electron chi connectivity index (χ3n) is 4.42. The normalized spacial score (nSPS) is 17.0. The number of hydrogen-bond donors (Lipinski definition) is 1. The molecule has 1 N–H and O–H groups in total. The summed E-state index contributed by atoms with van der Waals surface area (Å²) in [5.41, 5.74) is 0.574. The van der Waals surface area contributed by atoms with Crippen LogP contribution in [-0.4, -0.2) is 53.4 Å². The van der Waals surface area contributed by atoms with E-state index in [0.717, 1.165) is 24.6 Å². The molecule has 0 radical (unpaired) electrons. The number of aryl methyl sites for hydroxylation is 1. The minimum absolute atomic E-state index is 0.00157. The van der Waals surface area contributed by atoms with E-state index in [1.807, 2.05) is 32.9 Å². The number of ether oxygens (including phenoxy) is 1. The zero-order valence-electron chi connectivity index (χ0n) is 15.1. The zero-order chi connectivity index (χ0) is 17.8. The van der Waals surface area contributed by atoms with Crippen LogP contribution in [0.4, 0.5) is 0 Å². The number of aromatic nitrogens is 2. The van der Waals surface area contributed by atoms with Crippen molar-refractivity contribution in [3.63, 3.8) is 0 Å². The highest BCUT2D eigenvalue weighted by molar-refractivity contribution is 5.93. The van der Waals surface area contributed by atoms with Crippen molar-refractivity contribution in [2.75, 3.05) is 32.8 Å². The number of rotatable bonds is 6. The van der Waals surface area contributed by atoms with Crippen LogP contribution in [0.15, 0.2) is 28.9 Å². The number of carbonyl (C=O) groups is 1. The molecule has 2 aromatic rings. The minimum atomic E-state index is -0.117. The first-order chi connectivity index (χ1) is 12.0. The lowest BCUT2D eigenvalue weighted by Crippen LogP contribution is -2.43. The number of morpholine rings is 1. The van der Waals surface area contributed by atoms with Crippen LogP contribution in [0, 0.1) is 6.92 Å². The average molecular weight is 346 g/mol. The molecule has 0 aliphatic carbocycles. The molecule has 136 valence electrons. The number of nitrogens with zero attached hydrogens (tertiary/aromatic N) is 3. The largest absolute Gasteiger partial charge is 0.465 e. The predicted octanol–water partition coefficient (Wildman–Crippen LogP) is 2.17. The van der Waals surface area contributed by atoms with Gasteiger partial charge >= 0.3 is 0 Å². The van der Waals surface area contributed by atoms with E-state index in [1.54, 1.807) is 17.1 Å². The van der Waals surface area contributed by atoms with Gasteiger partial charge in [-0.15, -0.1) is 0 Å². The summed E-state index contributed by atoms with van der Waals surface area (Å²) in [4.78, 5) is 14.8. The van der Waals surface area contributed by atoms with Crippen LogP contribution in [0.5, 0.6) is 0 Å². The summed E-state index contributed by atoms with van der Waals surface area (Å²) in [6, 6.07) is 4.17. The summed E-state index contributed by atoms with van der Waals surface area (Å²) >= 11 is 0. The highest BCUT2D eigenvalue weighted by Crippen LogP contribution is 2.23. The van der Waals surface area contributed by atoms with Gasteiger partial charge < -0.3 is 14.5 Å². The molecule has 1 atom stereocenters. The van der Waals surface area contributed by atoms with E-state index < -0.39 is 0 Å². The molecule has 1 amide bonds. The molecule has 2 aromatic heterocycles. The molecule has 1 saturated heterocycles. The van der Waals surface area contributed by atoms with E-state index >= 15 is 0 Å². The lowest BCUT2D eigenvalue weighted by Gasteiger charge is -2.33. The summed E-state index contributed by atoms with van der Waals surface area (Å²) < 4.78 is 13.0. The van der Waals surface area contributed by atoms with Crippen LogP contribution >= 0.6 is 0 Å². The average Bonchev–Trinajstić information content (AvgIpc) is 3.25. The maximum Gasteiger partial charge on any atom is 0.254 e. The molecule has 0 spiro atoms. The maximum atomic E-state index is 12.5. The second-order valence-corrected chi connectivity index (χ2v) is 6.63. The molecule has 7 heteroatoms. The number of amides is 1. The smallest absolute Gasteiger partial charge is 0.254 e. The first kappa shape index (κ1) is 17.7. The van der Waals surface area contributed by atoms with Crippen LogP contribution < -0.4 is 5.32 Å². The van der Waals surface area contributed by atoms with Crippen LogP contribution in [-0.2, 0) is 4.74 Å². The Hall–Kier alpha value is -2.12. The van der Waals surface area contributed by atoms with Crippen molar-refractivity contribution in [2.24, 2.45) is 0 Å². The summed E-state index contributed by atoms with van der Waals surface area (Å²) in [6.45, 7) is 9.52. The van der Waals surface area contributed by atoms with Crippen LogP contribution in [0.25, 0.3) is 0 Å². The highest BCUT2D eigenvalue weighted by Gasteiger charge is 2.26. The van der Waals surface area contributed by atoms with Gasteiger partial charge in [-0.25, -0.2) is 0 Å². The number of hydrogen-bond acceptors (Lipinski definition) is 5. The topological polar surface area (TPSA) is 72.5 Å². The molecular weight excluding hydrogens is 320 g/mol. The predicted molar refractivity (Wildman–Crippen MR) is 93.5 cm³/mol. The molecule has 25 heavy (non-hydrogen) atoms. The van der Waals surface area contributed by atoms with Crippen LogP contribution in [0.2, 0.25) is 0 Å². The standard InChI is InChI=1S/C18H26N4O3/c1-13(2)22-12-15(10-20-22)18(23)19-11-16(17-5-4-14(3)25-17)21-6-8-24-9-7-21/h4-5,10,12-13,16H,6-9,11H2,1-3H3,(H,19,23)/t16-/m0/s1. The van der Waals surface area contributed by atoms with Gasteiger partial charge in [0.15, 0.2) is 0 Å². The Morgan fingerprint density at radius 3 is 2.68 bits per heavy atom. The Kier molecular flexibility index (Phi) is 5.55. The quantitative estimate of drug-likeness (QED) is 0.868. The fourth-order valence-corrected chi connectivity index (χ4v) is 2.96. The van der Waals surface area contributed by atoms with Crippen molar-refractivity contribution in [3.8, 4) is 0 Å². The maximum absolute atomic E-state index is 12.5. The summed E-state index contributed by atoms with van der Waals surface area (Å²) in [6.07, 6.45) is 3.39. The van der Waals surface area contributed by atoms with Crippen molar-refractivity contribution in [1.82, 2.24) is 20.0 Å². The fraction of sp³-hybridized carbons (Fsp3) is 0.556. The van der Waals surface area contributed by atoms with E-state index in [-0.39, 0.29) is 18.0 Å². The Labute approximate surface area is 147 Å². The fourth-order valence-electron chi connectivity index (χ4n) is 2.96. The molecule has 1 aliphatic rings. The van der Waals surface area contributed by atoms with Crippen molar-refractivity contribution < 1.29 is 13.9 Å². The molecule has 0 aromatic carbocycles. The summed E-state index contributed by atoms with van der Waals surface area (Å²) in [5, 5.41) is 7.25. The van der Waals surface area contributed by atoms with Gasteiger partial charge in [0.25, 0.3) is 5.91 Å². The van der Waals surface area contributed by atoms with Crippen LogP contribution in [0.1, 0.15) is 47.8 Å². The summed E-state index contributed by atoms with van der Waals surface area (Å²) in [7, 11) is 0. The molecule has 1 aliphatic heterocycles. The Morgan fingerprint density at radius 1 is 1.32 bits per heavy atom. The Balaban J connectivity index is 1.68. The monoisotopic (exact) mass is 346 g/mol. The second kappa shape index (κ2) is 7.84. The third kappa shape index (κ3) is 4.29. The van der Waals surface area contributed by atoms with E-state index in [0.29, 0.717) is 25.3 Å². The van der Waals surface area contributed by atoms with Gasteiger partial charge in [0.1, 0.15) is 11.5 Å². The van der Waals surface area contributed by atoms with Gasteiger partial charge in [-0.2, -0.15) is 5.10 Å². The first-order valence-electron chi connectivity index (χ1n) is 8.75. The van der Waals surface area contributed by atoms with Gasteiger partial charge in [0.05, 0.1) is 31.0 Å². The molecule has 3 heterocycles. The third-order valence-corrected chi connectivity index (χ3v) is 4.42. The second-order valence-electron chi connectivity index (χ2n) is 6.63. The van der Waals surface area contributed by atoms with Gasteiger partial charge in [-0.1, -0.05) is 0 Å². The number of furan rings is 1. The Morgan fingerprint density at radius 2 is 2.08 bits per heavy atom. The lowest BCUT2D eigenvalue weighted by atomic mass is 10.1. The zero-order valence-corrected chi connectivity index (χ0v) is 15.1. The van der Waals surface area contributed by atoms with Crippen LogP contribution in [0.3, 0.4) is 0 Å². The van der Waals surface area contributed by atoms with Crippen molar-refractivity contribution in [3.05, 3.63) is 41.6 Å². The molecular formula is C18H26N4O3. The van der Waals surface area contributed by atoms with E-state index in [9.17, 15) is 4.79 Å². The van der Waals surface area contributed by atoms with E-state index in [4.69, 9.17) is 9.15 Å². The molecule has 0 unspecified atom stereocenters. The molecule has 0 saturated carbocycles. The van der Waals surface area contributed by atoms with Crippen molar-refractivity contribution >= 4 is 5.91 Å². The summed E-state index contributed by atoms with van der Waals surface area (Å²) in [5.74, 6) is 1.63. The van der Waals surface area contributed by atoms with Crippen molar-refractivity contribution in [2.45, 2.75) is 32.9 Å². The van der Waals surface area contributed by atoms with Crippen molar-refractivity contribution in [1.29, 1.82) is 0 Å². The lowest BCUT2D eigenvalue weighted by molar-refractivity contribution is 0.0117. The molecule has 3 rings (SSSR count). The highest BCUT2D eigenvalue weighted by atomic mass is 16.5. The number of carbonyl (C=O) groups excluding carboxylic acids is 1. The van der Waals surface area contributed by atoms with E-state index in [1.165, 1.54) is 0 Å². The SMILES string of the molecule is Cc1ccc([C@H](CNC(=O)c2cnn(C(C)C)c2)N2CCOCC2)o1. The Bertz CT molecular complexity index is 701. The van der Waals surface area contributed by atoms with Gasteiger partial charge in [-0.05, 0) is 32.9 Å². The molecule has 0 bridgehead atoms. The van der Waals surface area contributed by atoms with Gasteiger partial charge in [0, 0.05) is 31.9 Å². The molecule has 7 nitrogen and oxygen atoms in total. The molecule has 1 fully saturated rings. The number of nitrogens with one attached hydrogen (secondary N) is 1. The minimum Gasteiger partial charge on any atom is -0.465 e. The van der Waals surface area contributed by atoms with E-state index in [2.05, 4.69) is 15.3 Å². The van der Waals surface area contributed by atoms with Gasteiger partial charge in [0.2, 0.25) is 0 Å². The first-order valence-corrected chi connectivity index (χ1v) is 8.75.